The fraction of sp³-hybridized carbons (Fsp3) is 0.0645. The Morgan fingerprint density at radius 3 is 1.36 bits per heavy atom. The van der Waals surface area contributed by atoms with Gasteiger partial charge in [0.1, 0.15) is 0 Å². The van der Waals surface area contributed by atoms with Crippen LogP contribution in [0.3, 0.4) is 0 Å². The average molecular weight is 445 g/mol. The van der Waals surface area contributed by atoms with Crippen molar-refractivity contribution in [3.05, 3.63) is 133 Å². The molecule has 0 radical (unpaired) electrons. The summed E-state index contributed by atoms with van der Waals surface area (Å²) in [5, 5.41) is 0. The van der Waals surface area contributed by atoms with Crippen LogP contribution in [0.15, 0.2) is 138 Å². The monoisotopic (exact) mass is 444 g/mol. The van der Waals surface area contributed by atoms with Crippen molar-refractivity contribution in [3.8, 4) is 33.6 Å². The lowest BCUT2D eigenvalue weighted by Crippen LogP contribution is -2.40. The first-order valence-corrected chi connectivity index (χ1v) is 12.3. The number of benzene rings is 4. The highest BCUT2D eigenvalue weighted by Crippen LogP contribution is 2.29. The predicted molar refractivity (Wildman–Crippen MR) is 140 cm³/mol. The Balaban J connectivity index is 1.64. The van der Waals surface area contributed by atoms with E-state index in [1.54, 1.807) is 0 Å². The summed E-state index contributed by atoms with van der Waals surface area (Å²) < 4.78 is 2.48. The Labute approximate surface area is 200 Å². The van der Waals surface area contributed by atoms with Crippen LogP contribution in [0.5, 0.6) is 0 Å². The zero-order valence-electron chi connectivity index (χ0n) is 18.5. The molecule has 0 atom stereocenters. The maximum absolute atomic E-state index is 2.48. The zero-order valence-corrected chi connectivity index (χ0v) is 19.3. The van der Waals surface area contributed by atoms with E-state index in [-0.39, 0.29) is 0 Å². The van der Waals surface area contributed by atoms with Crippen molar-refractivity contribution in [2.45, 2.75) is 11.4 Å². The van der Waals surface area contributed by atoms with Crippen LogP contribution in [0.1, 0.15) is 0 Å². The molecule has 4 aromatic carbocycles. The highest BCUT2D eigenvalue weighted by atomic mass is 32.2. The van der Waals surface area contributed by atoms with Crippen molar-refractivity contribution >= 4 is 11.8 Å². The Hall–Kier alpha value is -3.62. The molecule has 0 amide bonds. The normalized spacial score (nSPS) is 10.8. The lowest BCUT2D eigenvalue weighted by molar-refractivity contribution is -0.670. The van der Waals surface area contributed by atoms with Gasteiger partial charge < -0.3 is 0 Å². The first-order valence-electron chi connectivity index (χ1n) is 11.3. The second kappa shape index (κ2) is 10.3. The van der Waals surface area contributed by atoms with E-state index >= 15 is 0 Å². The van der Waals surface area contributed by atoms with Gasteiger partial charge in [-0.25, -0.2) is 0 Å². The molecule has 1 aromatic heterocycles. The van der Waals surface area contributed by atoms with Crippen molar-refractivity contribution in [2.24, 2.45) is 0 Å². The molecule has 5 rings (SSSR count). The molecule has 0 aliphatic carbocycles. The van der Waals surface area contributed by atoms with Gasteiger partial charge in [0.25, 0.3) is 0 Å². The first kappa shape index (κ1) is 21.2. The number of aromatic nitrogens is 1. The largest absolute Gasteiger partial charge is 0.213 e. The molecule has 0 saturated heterocycles. The fourth-order valence-corrected chi connectivity index (χ4v) is 4.99. The Bertz CT molecular complexity index is 1240. The molecule has 0 bridgehead atoms. The molecule has 1 heterocycles. The molecule has 0 aliphatic rings. The van der Waals surface area contributed by atoms with Crippen LogP contribution in [0.25, 0.3) is 33.6 Å². The predicted octanol–water partition coefficient (Wildman–Crippen LogP) is 7.77. The number of hydrogen-bond donors (Lipinski definition) is 0. The summed E-state index contributed by atoms with van der Waals surface area (Å²) in [6.07, 6.45) is 0. The lowest BCUT2D eigenvalue weighted by Gasteiger charge is -2.13. The lowest BCUT2D eigenvalue weighted by atomic mass is 9.99. The van der Waals surface area contributed by atoms with Crippen LogP contribution in [0.2, 0.25) is 0 Å². The third kappa shape index (κ3) is 5.08. The Kier molecular flexibility index (Phi) is 6.65. The molecular formula is C31H26NS+. The van der Waals surface area contributed by atoms with Gasteiger partial charge in [-0.3, -0.25) is 0 Å². The van der Waals surface area contributed by atoms with Gasteiger partial charge >= 0.3 is 0 Å². The summed E-state index contributed by atoms with van der Waals surface area (Å²) in [5.74, 6) is 0.999. The van der Waals surface area contributed by atoms with Crippen molar-refractivity contribution in [2.75, 3.05) is 5.75 Å². The van der Waals surface area contributed by atoms with Crippen LogP contribution in [0, 0.1) is 0 Å². The van der Waals surface area contributed by atoms with Crippen molar-refractivity contribution < 1.29 is 4.57 Å². The molecule has 2 heteroatoms. The topological polar surface area (TPSA) is 3.88 Å². The van der Waals surface area contributed by atoms with Gasteiger partial charge in [-0.15, -0.1) is 11.8 Å². The van der Waals surface area contributed by atoms with Crippen LogP contribution in [0.4, 0.5) is 0 Å². The van der Waals surface area contributed by atoms with Gasteiger partial charge in [0.15, 0.2) is 6.54 Å². The van der Waals surface area contributed by atoms with E-state index in [1.165, 1.54) is 38.5 Å². The second-order valence-electron chi connectivity index (χ2n) is 7.93. The van der Waals surface area contributed by atoms with Crippen molar-refractivity contribution in [1.29, 1.82) is 0 Å². The summed E-state index contributed by atoms with van der Waals surface area (Å²) in [6, 6.07) is 47.5. The van der Waals surface area contributed by atoms with Crippen LogP contribution in [-0.2, 0) is 6.54 Å². The number of thioether (sulfide) groups is 1. The molecule has 160 valence electrons. The van der Waals surface area contributed by atoms with E-state index < -0.39 is 0 Å². The summed E-state index contributed by atoms with van der Waals surface area (Å²) in [5.41, 5.74) is 7.42. The summed E-state index contributed by atoms with van der Waals surface area (Å²) in [7, 11) is 0. The van der Waals surface area contributed by atoms with Crippen LogP contribution in [-0.4, -0.2) is 5.75 Å². The van der Waals surface area contributed by atoms with Gasteiger partial charge in [-0.2, -0.15) is 4.57 Å². The molecule has 0 spiro atoms. The molecule has 0 N–H and O–H groups in total. The van der Waals surface area contributed by atoms with E-state index in [2.05, 4.69) is 138 Å². The van der Waals surface area contributed by atoms with E-state index in [9.17, 15) is 0 Å². The van der Waals surface area contributed by atoms with E-state index in [1.807, 2.05) is 11.8 Å². The minimum absolute atomic E-state index is 0.920. The molecule has 5 aromatic rings. The van der Waals surface area contributed by atoms with Gasteiger partial charge in [0, 0.05) is 28.2 Å². The van der Waals surface area contributed by atoms with Crippen LogP contribution >= 0.6 is 11.8 Å². The summed E-state index contributed by atoms with van der Waals surface area (Å²) >= 11 is 1.90. The third-order valence-corrected chi connectivity index (χ3v) is 6.73. The second-order valence-corrected chi connectivity index (χ2v) is 9.09. The highest BCUT2D eigenvalue weighted by Gasteiger charge is 2.22. The minimum atomic E-state index is 0.920. The number of rotatable bonds is 7. The van der Waals surface area contributed by atoms with Gasteiger partial charge in [0.05, 0.1) is 5.75 Å². The highest BCUT2D eigenvalue weighted by molar-refractivity contribution is 7.99. The van der Waals surface area contributed by atoms with Gasteiger partial charge in [-0.05, 0) is 47.5 Å². The van der Waals surface area contributed by atoms with E-state index in [4.69, 9.17) is 0 Å². The minimum Gasteiger partial charge on any atom is -0.190 e. The molecule has 33 heavy (non-hydrogen) atoms. The third-order valence-electron chi connectivity index (χ3n) is 5.74. The van der Waals surface area contributed by atoms with E-state index in [0.717, 1.165) is 12.3 Å². The zero-order chi connectivity index (χ0) is 22.3. The van der Waals surface area contributed by atoms with Gasteiger partial charge in [0.2, 0.25) is 11.4 Å². The maximum atomic E-state index is 2.48. The molecule has 0 saturated carbocycles. The SMILES string of the molecule is c1ccc(SCC[n+]2c(-c3ccccc3)cc(-c3ccccc3)cc2-c2ccccc2)cc1. The Morgan fingerprint density at radius 1 is 0.455 bits per heavy atom. The maximum Gasteiger partial charge on any atom is 0.213 e. The quantitative estimate of drug-likeness (QED) is 0.183. The molecule has 0 unspecified atom stereocenters. The first-order chi connectivity index (χ1) is 16.4. The van der Waals surface area contributed by atoms with Gasteiger partial charge in [-0.1, -0.05) is 84.9 Å². The number of hydrogen-bond acceptors (Lipinski definition) is 1. The summed E-state index contributed by atoms with van der Waals surface area (Å²) in [4.78, 5) is 1.31. The van der Waals surface area contributed by atoms with E-state index in [0.29, 0.717) is 0 Å². The Morgan fingerprint density at radius 2 is 0.879 bits per heavy atom. The summed E-state index contributed by atoms with van der Waals surface area (Å²) in [6.45, 7) is 0.920. The molecule has 1 nitrogen and oxygen atoms in total. The average Bonchev–Trinajstić information content (AvgIpc) is 2.91. The standard InChI is InChI=1S/C31H26NS/c1-5-13-25(14-6-1)28-23-30(26-15-7-2-8-16-26)32(21-22-33-29-19-11-4-12-20-29)31(24-28)27-17-9-3-10-18-27/h1-20,23-24H,21-22H2/q+1. The van der Waals surface area contributed by atoms with Crippen molar-refractivity contribution in [3.63, 3.8) is 0 Å². The van der Waals surface area contributed by atoms with Crippen LogP contribution < -0.4 is 4.57 Å². The smallest absolute Gasteiger partial charge is 0.190 e. The molecular weight excluding hydrogens is 418 g/mol. The number of pyridine rings is 1. The van der Waals surface area contributed by atoms with Crippen molar-refractivity contribution in [1.82, 2.24) is 0 Å². The molecule has 0 fully saturated rings. The fourth-order valence-electron chi connectivity index (χ4n) is 4.13. The number of nitrogens with zero attached hydrogens (tertiary/aromatic N) is 1. The molecule has 0 aliphatic heterocycles.